The first-order valence-corrected chi connectivity index (χ1v) is 13.7. The molecule has 0 saturated carbocycles. The van der Waals surface area contributed by atoms with Gasteiger partial charge in [-0.3, -0.25) is 10.1 Å². The standard InChI is InChI=1S/C22H32N4O4S2/c1-3-4-5-6-7-8-15-32(28,29)26-14-10-13-19(26)20(27)23-22-25-24-21(31-22)17-11-9-12-18(16-17)30-2/h9,11-12,16,19H,3-8,10,13-15H2,1-2H3,(H,23,25,27)/t19-/m1/s1. The molecule has 0 bridgehead atoms. The van der Waals surface area contributed by atoms with Crippen LogP contribution in [0.5, 0.6) is 5.75 Å². The zero-order valence-electron chi connectivity index (χ0n) is 18.7. The predicted octanol–water partition coefficient (Wildman–Crippen LogP) is 4.31. The van der Waals surface area contributed by atoms with Gasteiger partial charge in [0, 0.05) is 12.1 Å². The number of nitrogens with one attached hydrogen (secondary N) is 1. The van der Waals surface area contributed by atoms with Gasteiger partial charge in [-0.25, -0.2) is 8.42 Å². The van der Waals surface area contributed by atoms with Crippen LogP contribution in [-0.2, 0) is 14.8 Å². The maximum atomic E-state index is 12.9. The molecule has 0 radical (unpaired) electrons. The topological polar surface area (TPSA) is 101 Å². The van der Waals surface area contributed by atoms with Crippen molar-refractivity contribution in [2.75, 3.05) is 24.7 Å². The highest BCUT2D eigenvalue weighted by Gasteiger charge is 2.38. The Hall–Kier alpha value is -2.04. The zero-order chi connectivity index (χ0) is 23.0. The maximum absolute atomic E-state index is 12.9. The second kappa shape index (κ2) is 11.7. The highest BCUT2D eigenvalue weighted by atomic mass is 32.2. The normalized spacial score (nSPS) is 16.9. The third-order valence-electron chi connectivity index (χ3n) is 5.59. The lowest BCUT2D eigenvalue weighted by Crippen LogP contribution is -2.44. The first kappa shape index (κ1) is 24.6. The van der Waals surface area contributed by atoms with E-state index in [1.54, 1.807) is 7.11 Å². The van der Waals surface area contributed by atoms with Crippen molar-refractivity contribution >= 4 is 32.4 Å². The van der Waals surface area contributed by atoms with E-state index in [0.29, 0.717) is 41.7 Å². The van der Waals surface area contributed by atoms with Gasteiger partial charge in [-0.05, 0) is 31.4 Å². The summed E-state index contributed by atoms with van der Waals surface area (Å²) in [5.74, 6) is 0.463. The number of benzene rings is 1. The van der Waals surface area contributed by atoms with Crippen LogP contribution >= 0.6 is 11.3 Å². The molecular formula is C22H32N4O4S2. The van der Waals surface area contributed by atoms with Crippen molar-refractivity contribution in [3.63, 3.8) is 0 Å². The molecular weight excluding hydrogens is 448 g/mol. The molecule has 1 aromatic carbocycles. The van der Waals surface area contributed by atoms with Gasteiger partial charge in [0.2, 0.25) is 21.1 Å². The van der Waals surface area contributed by atoms with Crippen LogP contribution in [0, 0.1) is 0 Å². The quantitative estimate of drug-likeness (QED) is 0.454. The SMILES string of the molecule is CCCCCCCCS(=O)(=O)N1CCC[C@@H]1C(=O)Nc1nnc(-c2cccc(OC)c2)s1. The summed E-state index contributed by atoms with van der Waals surface area (Å²) in [4.78, 5) is 12.9. The number of hydrogen-bond acceptors (Lipinski definition) is 7. The minimum absolute atomic E-state index is 0.0989. The summed E-state index contributed by atoms with van der Waals surface area (Å²) in [5.41, 5.74) is 0.839. The number of aromatic nitrogens is 2. The summed E-state index contributed by atoms with van der Waals surface area (Å²) in [5, 5.41) is 12.0. The van der Waals surface area contributed by atoms with Crippen LogP contribution in [0.15, 0.2) is 24.3 Å². The number of unbranched alkanes of at least 4 members (excludes halogenated alkanes) is 5. The molecule has 10 heteroatoms. The number of sulfonamides is 1. The number of nitrogens with zero attached hydrogens (tertiary/aromatic N) is 3. The Morgan fingerprint density at radius 2 is 2.00 bits per heavy atom. The van der Waals surface area contributed by atoms with Crippen LogP contribution in [0.1, 0.15) is 58.3 Å². The average Bonchev–Trinajstić information content (AvgIpc) is 3.46. The Morgan fingerprint density at radius 1 is 1.22 bits per heavy atom. The van der Waals surface area contributed by atoms with E-state index >= 15 is 0 Å². The summed E-state index contributed by atoms with van der Waals surface area (Å²) in [6.45, 7) is 2.55. The summed E-state index contributed by atoms with van der Waals surface area (Å²) in [6.07, 6.45) is 7.29. The molecule has 2 heterocycles. The lowest BCUT2D eigenvalue weighted by Gasteiger charge is -2.22. The molecule has 0 spiro atoms. The van der Waals surface area contributed by atoms with E-state index in [1.807, 2.05) is 24.3 Å². The minimum Gasteiger partial charge on any atom is -0.497 e. The number of carbonyl (C=O) groups excluding carboxylic acids is 1. The van der Waals surface area contributed by atoms with E-state index in [-0.39, 0.29) is 11.7 Å². The highest BCUT2D eigenvalue weighted by Crippen LogP contribution is 2.30. The molecule has 2 aromatic rings. The monoisotopic (exact) mass is 480 g/mol. The number of amides is 1. The average molecular weight is 481 g/mol. The molecule has 1 amide bonds. The van der Waals surface area contributed by atoms with E-state index in [1.165, 1.54) is 28.5 Å². The fourth-order valence-electron chi connectivity index (χ4n) is 3.85. The lowest BCUT2D eigenvalue weighted by atomic mass is 10.1. The molecule has 1 aliphatic rings. The van der Waals surface area contributed by atoms with Gasteiger partial charge in [-0.15, -0.1) is 10.2 Å². The van der Waals surface area contributed by atoms with Crippen molar-refractivity contribution in [2.45, 2.75) is 64.3 Å². The van der Waals surface area contributed by atoms with Gasteiger partial charge >= 0.3 is 0 Å². The summed E-state index contributed by atoms with van der Waals surface area (Å²) in [6, 6.07) is 6.75. The van der Waals surface area contributed by atoms with E-state index < -0.39 is 16.1 Å². The van der Waals surface area contributed by atoms with Crippen LogP contribution in [-0.4, -0.2) is 54.3 Å². The van der Waals surface area contributed by atoms with Gasteiger partial charge in [-0.2, -0.15) is 4.31 Å². The molecule has 1 aromatic heterocycles. The number of carbonyl (C=O) groups is 1. The van der Waals surface area contributed by atoms with Crippen molar-refractivity contribution in [3.8, 4) is 16.3 Å². The van der Waals surface area contributed by atoms with Crippen LogP contribution in [0.25, 0.3) is 10.6 Å². The molecule has 0 aliphatic carbocycles. The van der Waals surface area contributed by atoms with Gasteiger partial charge in [0.15, 0.2) is 0 Å². The number of rotatable bonds is 12. The second-order valence-corrected chi connectivity index (χ2v) is 11.0. The molecule has 1 atom stereocenters. The molecule has 1 fully saturated rings. The van der Waals surface area contributed by atoms with Crippen LogP contribution in [0.3, 0.4) is 0 Å². The third-order valence-corrected chi connectivity index (χ3v) is 8.44. The zero-order valence-corrected chi connectivity index (χ0v) is 20.4. The largest absolute Gasteiger partial charge is 0.497 e. The number of hydrogen-bond donors (Lipinski definition) is 1. The van der Waals surface area contributed by atoms with Crippen molar-refractivity contribution < 1.29 is 17.9 Å². The number of anilines is 1. The van der Waals surface area contributed by atoms with Gasteiger partial charge < -0.3 is 4.74 Å². The van der Waals surface area contributed by atoms with Crippen molar-refractivity contribution in [2.24, 2.45) is 0 Å². The van der Waals surface area contributed by atoms with Gasteiger partial charge in [0.1, 0.15) is 16.8 Å². The Kier molecular flexibility index (Phi) is 9.01. The van der Waals surface area contributed by atoms with Gasteiger partial charge in [-0.1, -0.05) is 62.5 Å². The second-order valence-electron chi connectivity index (χ2n) is 7.99. The highest BCUT2D eigenvalue weighted by molar-refractivity contribution is 7.89. The Balaban J connectivity index is 1.58. The van der Waals surface area contributed by atoms with Crippen LogP contribution in [0.4, 0.5) is 5.13 Å². The van der Waals surface area contributed by atoms with E-state index in [4.69, 9.17) is 4.74 Å². The number of methoxy groups -OCH3 is 1. The third kappa shape index (κ3) is 6.49. The predicted molar refractivity (Wildman–Crippen MR) is 127 cm³/mol. The Bertz CT molecular complexity index is 993. The fourth-order valence-corrected chi connectivity index (χ4v) is 6.39. The molecule has 1 aliphatic heterocycles. The van der Waals surface area contributed by atoms with E-state index in [9.17, 15) is 13.2 Å². The number of ether oxygens (including phenoxy) is 1. The molecule has 1 saturated heterocycles. The van der Waals surface area contributed by atoms with Crippen molar-refractivity contribution in [1.82, 2.24) is 14.5 Å². The van der Waals surface area contributed by atoms with Gasteiger partial charge in [0.05, 0.1) is 12.9 Å². The first-order chi connectivity index (χ1) is 15.4. The molecule has 8 nitrogen and oxygen atoms in total. The molecule has 176 valence electrons. The summed E-state index contributed by atoms with van der Waals surface area (Å²) < 4.78 is 32.3. The Morgan fingerprint density at radius 3 is 2.78 bits per heavy atom. The minimum atomic E-state index is -3.46. The molecule has 0 unspecified atom stereocenters. The van der Waals surface area contributed by atoms with E-state index in [0.717, 1.165) is 24.8 Å². The molecule has 1 N–H and O–H groups in total. The fraction of sp³-hybridized carbons (Fsp3) is 0.591. The molecule has 3 rings (SSSR count). The molecule has 32 heavy (non-hydrogen) atoms. The summed E-state index contributed by atoms with van der Waals surface area (Å²) >= 11 is 1.25. The van der Waals surface area contributed by atoms with Crippen molar-refractivity contribution in [1.29, 1.82) is 0 Å². The summed E-state index contributed by atoms with van der Waals surface area (Å²) in [7, 11) is -1.86. The van der Waals surface area contributed by atoms with Crippen molar-refractivity contribution in [3.05, 3.63) is 24.3 Å². The lowest BCUT2D eigenvalue weighted by molar-refractivity contribution is -0.119. The Labute approximate surface area is 194 Å². The van der Waals surface area contributed by atoms with Crippen LogP contribution < -0.4 is 10.1 Å². The van der Waals surface area contributed by atoms with Crippen LogP contribution in [0.2, 0.25) is 0 Å². The van der Waals surface area contributed by atoms with E-state index in [2.05, 4.69) is 22.4 Å². The first-order valence-electron chi connectivity index (χ1n) is 11.2. The van der Waals surface area contributed by atoms with Gasteiger partial charge in [0.25, 0.3) is 0 Å². The smallest absolute Gasteiger partial charge is 0.244 e. The maximum Gasteiger partial charge on any atom is 0.244 e.